The minimum absolute atomic E-state index is 0.362. The minimum atomic E-state index is -0.883. The van der Waals surface area contributed by atoms with Crippen molar-refractivity contribution in [2.45, 2.75) is 0 Å². The van der Waals surface area contributed by atoms with Crippen LogP contribution in [0.4, 0.5) is 4.39 Å². The summed E-state index contributed by atoms with van der Waals surface area (Å²) in [4.78, 5) is 10.8. The van der Waals surface area contributed by atoms with Crippen LogP contribution in [0.25, 0.3) is 0 Å². The molecule has 0 fully saturated rings. The molecule has 0 atom stereocenters. The lowest BCUT2D eigenvalue weighted by Crippen LogP contribution is -2.02. The molecule has 0 aliphatic heterocycles. The second kappa shape index (κ2) is 5.01. The van der Waals surface area contributed by atoms with Crippen molar-refractivity contribution in [2.75, 3.05) is 6.86 Å². The molecule has 0 spiro atoms. The summed E-state index contributed by atoms with van der Waals surface area (Å²) < 4.78 is 21.1. The number of esters is 1. The molecule has 0 aliphatic carbocycles. The Bertz CT molecular complexity index is 319. The van der Waals surface area contributed by atoms with E-state index in [2.05, 4.69) is 11.3 Å². The van der Waals surface area contributed by atoms with E-state index in [9.17, 15) is 9.18 Å². The summed E-state index contributed by atoms with van der Waals surface area (Å²) in [6.45, 7) is 2.37. The summed E-state index contributed by atoms with van der Waals surface area (Å²) in [6.07, 6.45) is 1.06. The number of carbonyl (C=O) groups is 1. The highest BCUT2D eigenvalue weighted by molar-refractivity contribution is 5.83. The maximum Gasteiger partial charge on any atom is 0.335 e. The van der Waals surface area contributed by atoms with Crippen molar-refractivity contribution in [3.63, 3.8) is 0 Å². The molecule has 0 saturated carbocycles. The van der Waals surface area contributed by atoms with Crippen LogP contribution in [0.3, 0.4) is 0 Å². The van der Waals surface area contributed by atoms with E-state index >= 15 is 0 Å². The zero-order valence-electron chi connectivity index (χ0n) is 7.40. The summed E-state index contributed by atoms with van der Waals surface area (Å²) in [6, 6.07) is 6.02. The van der Waals surface area contributed by atoms with E-state index < -0.39 is 12.8 Å². The van der Waals surface area contributed by atoms with Gasteiger partial charge in [-0.1, -0.05) is 6.58 Å². The fourth-order valence-electron chi connectivity index (χ4n) is 0.825. The molecule has 1 rings (SSSR count). The van der Waals surface area contributed by atoms with Crippen LogP contribution in [0.2, 0.25) is 0 Å². The van der Waals surface area contributed by atoms with Crippen LogP contribution < -0.4 is 9.47 Å². The number of carbonyl (C=O) groups excluding carboxylic acids is 1. The first-order valence-electron chi connectivity index (χ1n) is 3.89. The molecule has 0 saturated heterocycles. The lowest BCUT2D eigenvalue weighted by atomic mass is 10.3. The number of ether oxygens (including phenoxy) is 2. The fraction of sp³-hybridized carbons (Fsp3) is 0.100. The largest absolute Gasteiger partial charge is 0.463 e. The SMILES string of the molecule is C=CC(=O)Oc1ccc(OCF)cc1. The standard InChI is InChI=1S/C10H9FO3/c1-2-10(12)14-9-5-3-8(4-6-9)13-7-11/h2-6H,1,7H2. The summed E-state index contributed by atoms with van der Waals surface area (Å²) >= 11 is 0. The van der Waals surface area contributed by atoms with Crippen LogP contribution in [-0.2, 0) is 4.79 Å². The van der Waals surface area contributed by atoms with E-state index in [0.29, 0.717) is 11.5 Å². The number of hydrogen-bond donors (Lipinski definition) is 0. The highest BCUT2D eigenvalue weighted by Crippen LogP contribution is 2.17. The van der Waals surface area contributed by atoms with Gasteiger partial charge in [-0.3, -0.25) is 0 Å². The molecule has 74 valence electrons. The predicted molar refractivity (Wildman–Crippen MR) is 48.9 cm³/mol. The average molecular weight is 196 g/mol. The molecule has 0 unspecified atom stereocenters. The van der Waals surface area contributed by atoms with Crippen molar-refractivity contribution < 1.29 is 18.7 Å². The number of halogens is 1. The van der Waals surface area contributed by atoms with E-state index in [0.717, 1.165) is 6.08 Å². The summed E-state index contributed by atoms with van der Waals surface area (Å²) in [5, 5.41) is 0. The summed E-state index contributed by atoms with van der Waals surface area (Å²) in [5.41, 5.74) is 0. The van der Waals surface area contributed by atoms with Crippen molar-refractivity contribution in [1.29, 1.82) is 0 Å². The monoisotopic (exact) mass is 196 g/mol. The van der Waals surface area contributed by atoms with Crippen LogP contribution in [0.1, 0.15) is 0 Å². The predicted octanol–water partition coefficient (Wildman–Crippen LogP) is 2.08. The van der Waals surface area contributed by atoms with Gasteiger partial charge in [-0.05, 0) is 24.3 Å². The Labute approximate surface area is 80.8 Å². The fourth-order valence-corrected chi connectivity index (χ4v) is 0.825. The van der Waals surface area contributed by atoms with Gasteiger partial charge in [0.15, 0.2) is 0 Å². The van der Waals surface area contributed by atoms with Crippen molar-refractivity contribution >= 4 is 5.97 Å². The Morgan fingerprint density at radius 2 is 1.93 bits per heavy atom. The van der Waals surface area contributed by atoms with Crippen LogP contribution in [0.15, 0.2) is 36.9 Å². The van der Waals surface area contributed by atoms with Gasteiger partial charge in [-0.25, -0.2) is 9.18 Å². The highest BCUT2D eigenvalue weighted by Gasteiger charge is 1.99. The zero-order valence-corrected chi connectivity index (χ0v) is 7.40. The first kappa shape index (κ1) is 10.2. The molecule has 0 N–H and O–H groups in total. The maximum absolute atomic E-state index is 11.7. The van der Waals surface area contributed by atoms with Crippen molar-refractivity contribution in [3.05, 3.63) is 36.9 Å². The Hall–Kier alpha value is -1.84. The third-order valence-corrected chi connectivity index (χ3v) is 1.43. The van der Waals surface area contributed by atoms with Crippen molar-refractivity contribution in [2.24, 2.45) is 0 Å². The number of alkyl halides is 1. The lowest BCUT2D eigenvalue weighted by Gasteiger charge is -2.03. The van der Waals surface area contributed by atoms with Crippen LogP contribution in [0, 0.1) is 0 Å². The minimum Gasteiger partial charge on any atom is -0.463 e. The molecule has 1 aromatic rings. The number of rotatable bonds is 4. The molecule has 0 amide bonds. The maximum atomic E-state index is 11.7. The van der Waals surface area contributed by atoms with E-state index in [-0.39, 0.29) is 0 Å². The van der Waals surface area contributed by atoms with E-state index in [1.807, 2.05) is 0 Å². The van der Waals surface area contributed by atoms with Crippen LogP contribution in [-0.4, -0.2) is 12.8 Å². The zero-order chi connectivity index (χ0) is 10.4. The van der Waals surface area contributed by atoms with Gasteiger partial charge in [0.05, 0.1) is 0 Å². The van der Waals surface area contributed by atoms with Gasteiger partial charge in [-0.2, -0.15) is 0 Å². The molecule has 14 heavy (non-hydrogen) atoms. The van der Waals surface area contributed by atoms with Crippen molar-refractivity contribution in [3.8, 4) is 11.5 Å². The second-order valence-electron chi connectivity index (χ2n) is 2.35. The summed E-state index contributed by atoms with van der Waals surface area (Å²) in [7, 11) is 0. The van der Waals surface area contributed by atoms with E-state index in [1.165, 1.54) is 24.3 Å². The van der Waals surface area contributed by atoms with Gasteiger partial charge < -0.3 is 9.47 Å². The molecule has 0 aromatic heterocycles. The molecule has 0 radical (unpaired) electrons. The van der Waals surface area contributed by atoms with Crippen LogP contribution in [0.5, 0.6) is 11.5 Å². The number of benzene rings is 1. The normalized spacial score (nSPS) is 9.21. The van der Waals surface area contributed by atoms with E-state index in [4.69, 9.17) is 4.74 Å². The third kappa shape index (κ3) is 2.90. The molecule has 4 heteroatoms. The van der Waals surface area contributed by atoms with Gasteiger partial charge in [0, 0.05) is 6.08 Å². The molecule has 1 aromatic carbocycles. The van der Waals surface area contributed by atoms with Crippen molar-refractivity contribution in [1.82, 2.24) is 0 Å². The van der Waals surface area contributed by atoms with Gasteiger partial charge >= 0.3 is 5.97 Å². The average Bonchev–Trinajstić information content (AvgIpc) is 2.21. The van der Waals surface area contributed by atoms with Gasteiger partial charge in [0.2, 0.25) is 6.86 Å². The van der Waals surface area contributed by atoms with Crippen LogP contribution >= 0.6 is 0 Å². The molecular weight excluding hydrogens is 187 g/mol. The Morgan fingerprint density at radius 3 is 2.43 bits per heavy atom. The first-order valence-corrected chi connectivity index (χ1v) is 3.89. The molecule has 0 heterocycles. The Kier molecular flexibility index (Phi) is 3.67. The molecule has 3 nitrogen and oxygen atoms in total. The van der Waals surface area contributed by atoms with E-state index in [1.54, 1.807) is 0 Å². The first-order chi connectivity index (χ1) is 6.76. The third-order valence-electron chi connectivity index (χ3n) is 1.43. The molecule has 0 aliphatic rings. The number of hydrogen-bond acceptors (Lipinski definition) is 3. The molecule has 0 bridgehead atoms. The quantitative estimate of drug-likeness (QED) is 0.420. The molecular formula is C10H9FO3. The lowest BCUT2D eigenvalue weighted by molar-refractivity contribution is -0.128. The Morgan fingerprint density at radius 1 is 1.36 bits per heavy atom. The van der Waals surface area contributed by atoms with Gasteiger partial charge in [0.25, 0.3) is 0 Å². The summed E-state index contributed by atoms with van der Waals surface area (Å²) in [5.74, 6) is 0.205. The Balaban J connectivity index is 2.63. The van der Waals surface area contributed by atoms with Gasteiger partial charge in [0.1, 0.15) is 11.5 Å². The highest BCUT2D eigenvalue weighted by atomic mass is 19.1. The topological polar surface area (TPSA) is 35.5 Å². The van der Waals surface area contributed by atoms with Gasteiger partial charge in [-0.15, -0.1) is 0 Å². The second-order valence-corrected chi connectivity index (χ2v) is 2.35. The smallest absolute Gasteiger partial charge is 0.335 e.